The molecule has 0 aliphatic carbocycles. The van der Waals surface area contributed by atoms with Crippen molar-refractivity contribution in [1.29, 1.82) is 0 Å². The molecule has 0 spiro atoms. The van der Waals surface area contributed by atoms with Crippen molar-refractivity contribution in [3.8, 4) is 5.75 Å². The third-order valence-electron chi connectivity index (χ3n) is 2.49. The zero-order valence-corrected chi connectivity index (χ0v) is 11.1. The van der Waals surface area contributed by atoms with Crippen LogP contribution >= 0.6 is 15.9 Å². The highest BCUT2D eigenvalue weighted by molar-refractivity contribution is 9.10. The third-order valence-corrected chi connectivity index (χ3v) is 3.11. The zero-order valence-electron chi connectivity index (χ0n) is 9.55. The Morgan fingerprint density at radius 1 is 1.05 bits per heavy atom. The number of rotatable bonds is 3. The Bertz CT molecular complexity index is 596. The van der Waals surface area contributed by atoms with Crippen LogP contribution in [0.2, 0.25) is 0 Å². The van der Waals surface area contributed by atoms with Gasteiger partial charge in [0.05, 0.1) is 5.69 Å². The first-order valence-electron chi connectivity index (χ1n) is 5.33. The highest BCUT2D eigenvalue weighted by Gasteiger charge is 2.09. The van der Waals surface area contributed by atoms with Crippen LogP contribution in [0.3, 0.4) is 0 Å². The van der Waals surface area contributed by atoms with E-state index in [1.807, 2.05) is 0 Å². The Balaban J connectivity index is 2.16. The van der Waals surface area contributed by atoms with Crippen molar-refractivity contribution in [3.05, 3.63) is 57.8 Å². The number of phenols is 1. The van der Waals surface area contributed by atoms with E-state index in [9.17, 15) is 13.2 Å². The zero-order chi connectivity index (χ0) is 14.0. The molecule has 2 nitrogen and oxygen atoms in total. The van der Waals surface area contributed by atoms with Crippen LogP contribution in [-0.2, 0) is 6.54 Å². The number of hydrogen-bond acceptors (Lipinski definition) is 2. The van der Waals surface area contributed by atoms with Crippen LogP contribution in [0.1, 0.15) is 5.56 Å². The number of nitrogens with one attached hydrogen (secondary N) is 1. The summed E-state index contributed by atoms with van der Waals surface area (Å²) in [6, 6.07) is 5.73. The first-order valence-corrected chi connectivity index (χ1v) is 6.12. The van der Waals surface area contributed by atoms with Gasteiger partial charge >= 0.3 is 0 Å². The molecule has 2 N–H and O–H groups in total. The van der Waals surface area contributed by atoms with Gasteiger partial charge in [-0.3, -0.25) is 0 Å². The van der Waals surface area contributed by atoms with Crippen LogP contribution in [-0.4, -0.2) is 5.11 Å². The van der Waals surface area contributed by atoms with Gasteiger partial charge in [-0.25, -0.2) is 13.2 Å². The van der Waals surface area contributed by atoms with Crippen molar-refractivity contribution in [3.63, 3.8) is 0 Å². The minimum atomic E-state index is -0.752. The molecule has 0 saturated heterocycles. The summed E-state index contributed by atoms with van der Waals surface area (Å²) >= 11 is 3.04. The van der Waals surface area contributed by atoms with E-state index in [1.54, 1.807) is 0 Å². The summed E-state index contributed by atoms with van der Waals surface area (Å²) in [7, 11) is 0. The first-order chi connectivity index (χ1) is 8.97. The molecule has 19 heavy (non-hydrogen) atoms. The minimum Gasteiger partial charge on any atom is -0.505 e. The molecule has 0 fully saturated rings. The van der Waals surface area contributed by atoms with Gasteiger partial charge in [0, 0.05) is 17.1 Å². The molecule has 2 aromatic rings. The average molecular weight is 332 g/mol. The summed E-state index contributed by atoms with van der Waals surface area (Å²) in [6.07, 6.45) is 0. The van der Waals surface area contributed by atoms with Crippen LogP contribution in [0.15, 0.2) is 34.8 Å². The van der Waals surface area contributed by atoms with Crippen LogP contribution in [0.5, 0.6) is 5.75 Å². The summed E-state index contributed by atoms with van der Waals surface area (Å²) in [5.41, 5.74) is 0.612. The molecule has 2 rings (SSSR count). The number of phenolic OH excluding ortho intramolecular Hbond substituents is 1. The Labute approximate surface area is 116 Å². The van der Waals surface area contributed by atoms with Gasteiger partial charge in [0.25, 0.3) is 0 Å². The maximum Gasteiger partial charge on any atom is 0.165 e. The summed E-state index contributed by atoms with van der Waals surface area (Å²) in [5.74, 6) is -2.63. The molecule has 0 atom stereocenters. The number of aromatic hydroxyl groups is 1. The molecular weight excluding hydrogens is 323 g/mol. The van der Waals surface area contributed by atoms with Gasteiger partial charge in [-0.1, -0.05) is 6.07 Å². The Morgan fingerprint density at radius 2 is 1.79 bits per heavy atom. The predicted molar refractivity (Wildman–Crippen MR) is 69.4 cm³/mol. The van der Waals surface area contributed by atoms with Gasteiger partial charge in [0.2, 0.25) is 0 Å². The largest absolute Gasteiger partial charge is 0.505 e. The lowest BCUT2D eigenvalue weighted by molar-refractivity contribution is 0.432. The van der Waals surface area contributed by atoms with Crippen molar-refractivity contribution in [1.82, 2.24) is 0 Å². The molecule has 0 aliphatic rings. The predicted octanol–water partition coefficient (Wildman–Crippen LogP) is 4.18. The normalized spacial score (nSPS) is 10.5. The van der Waals surface area contributed by atoms with E-state index in [2.05, 4.69) is 21.2 Å². The number of anilines is 1. The highest BCUT2D eigenvalue weighted by Crippen LogP contribution is 2.27. The van der Waals surface area contributed by atoms with Crippen molar-refractivity contribution < 1.29 is 18.3 Å². The van der Waals surface area contributed by atoms with Crippen molar-refractivity contribution in [2.75, 3.05) is 5.32 Å². The summed E-state index contributed by atoms with van der Waals surface area (Å²) in [5, 5.41) is 11.8. The molecule has 0 heterocycles. The summed E-state index contributed by atoms with van der Waals surface area (Å²) < 4.78 is 39.8. The molecule has 0 amide bonds. The van der Waals surface area contributed by atoms with Gasteiger partial charge in [0.1, 0.15) is 11.6 Å². The highest BCUT2D eigenvalue weighted by atomic mass is 79.9. The molecule has 0 radical (unpaired) electrons. The molecule has 6 heteroatoms. The quantitative estimate of drug-likeness (QED) is 0.884. The molecule has 0 bridgehead atoms. The molecule has 100 valence electrons. The first kappa shape index (κ1) is 13.7. The van der Waals surface area contributed by atoms with E-state index in [-0.39, 0.29) is 16.7 Å². The van der Waals surface area contributed by atoms with Crippen LogP contribution in [0.4, 0.5) is 18.9 Å². The molecule has 0 saturated carbocycles. The van der Waals surface area contributed by atoms with E-state index in [0.29, 0.717) is 5.56 Å². The van der Waals surface area contributed by atoms with Crippen LogP contribution < -0.4 is 5.32 Å². The molecule has 2 aromatic carbocycles. The Morgan fingerprint density at radius 3 is 2.42 bits per heavy atom. The average Bonchev–Trinajstić information content (AvgIpc) is 2.32. The maximum absolute atomic E-state index is 13.5. The van der Waals surface area contributed by atoms with Gasteiger partial charge in [-0.15, -0.1) is 0 Å². The lowest BCUT2D eigenvalue weighted by Gasteiger charge is -2.10. The number of halogens is 4. The number of benzene rings is 2. The van der Waals surface area contributed by atoms with E-state index < -0.39 is 23.2 Å². The van der Waals surface area contributed by atoms with Gasteiger partial charge in [-0.2, -0.15) is 0 Å². The van der Waals surface area contributed by atoms with E-state index in [0.717, 1.165) is 18.2 Å². The van der Waals surface area contributed by atoms with Crippen molar-refractivity contribution in [2.24, 2.45) is 0 Å². The second kappa shape index (κ2) is 5.52. The van der Waals surface area contributed by atoms with Crippen molar-refractivity contribution in [2.45, 2.75) is 6.54 Å². The van der Waals surface area contributed by atoms with Crippen LogP contribution in [0.25, 0.3) is 0 Å². The molecule has 0 aliphatic heterocycles. The Kier molecular flexibility index (Phi) is 3.99. The lowest BCUT2D eigenvalue weighted by Crippen LogP contribution is -2.03. The topological polar surface area (TPSA) is 32.3 Å². The van der Waals surface area contributed by atoms with E-state index in [4.69, 9.17) is 5.11 Å². The lowest BCUT2D eigenvalue weighted by atomic mass is 10.2. The van der Waals surface area contributed by atoms with Gasteiger partial charge in [0.15, 0.2) is 11.6 Å². The standard InChI is InChI=1S/C13H9BrF3NO/c14-9-4-8(15)5-11(17)13(9)18-6-7-1-2-12(19)10(16)3-7/h1-5,18-19H,6H2. The monoisotopic (exact) mass is 331 g/mol. The number of hydrogen-bond donors (Lipinski definition) is 2. The van der Waals surface area contributed by atoms with Gasteiger partial charge < -0.3 is 10.4 Å². The molecular formula is C13H9BrF3NO. The second-order valence-electron chi connectivity index (χ2n) is 3.88. The smallest absolute Gasteiger partial charge is 0.165 e. The molecule has 0 unspecified atom stereocenters. The van der Waals surface area contributed by atoms with Crippen molar-refractivity contribution >= 4 is 21.6 Å². The third kappa shape index (κ3) is 3.20. The molecule has 0 aromatic heterocycles. The van der Waals surface area contributed by atoms with E-state index >= 15 is 0 Å². The fourth-order valence-electron chi connectivity index (χ4n) is 1.56. The Hall–Kier alpha value is -1.69. The summed E-state index contributed by atoms with van der Waals surface area (Å²) in [4.78, 5) is 0. The SMILES string of the molecule is Oc1ccc(CNc2c(F)cc(F)cc2Br)cc1F. The van der Waals surface area contributed by atoms with Gasteiger partial charge in [-0.05, 0) is 39.7 Å². The fourth-order valence-corrected chi connectivity index (χ4v) is 2.11. The summed E-state index contributed by atoms with van der Waals surface area (Å²) in [6.45, 7) is 0.137. The second-order valence-corrected chi connectivity index (χ2v) is 4.74. The van der Waals surface area contributed by atoms with Crippen LogP contribution in [0, 0.1) is 17.5 Å². The fraction of sp³-hybridized carbons (Fsp3) is 0.0769. The maximum atomic E-state index is 13.5. The minimum absolute atomic E-state index is 0.0925. The van der Waals surface area contributed by atoms with E-state index in [1.165, 1.54) is 12.1 Å².